The van der Waals surface area contributed by atoms with E-state index < -0.39 is 11.6 Å². The predicted molar refractivity (Wildman–Crippen MR) is 114 cm³/mol. The van der Waals surface area contributed by atoms with Gasteiger partial charge in [-0.05, 0) is 43.3 Å². The molecule has 6 nitrogen and oxygen atoms in total. The molecule has 4 aromatic heterocycles. The predicted octanol–water partition coefficient (Wildman–Crippen LogP) is 4.57. The number of aryl methyl sites for hydroxylation is 1. The highest BCUT2D eigenvalue weighted by molar-refractivity contribution is 5.99. The monoisotopic (exact) mass is 432 g/mol. The second kappa shape index (κ2) is 7.88. The SMILES string of the molecule is Cc1nc2c(OCc3c(F)cccc3F)cccn2c1C(=O)Cc1cnn2ccccc12. The third-order valence-corrected chi connectivity index (χ3v) is 5.34. The summed E-state index contributed by atoms with van der Waals surface area (Å²) < 4.78 is 36.9. The number of nitrogens with zero attached hydrogens (tertiary/aromatic N) is 4. The summed E-state index contributed by atoms with van der Waals surface area (Å²) >= 11 is 0. The number of carbonyl (C=O) groups excluding carboxylic acids is 1. The van der Waals surface area contributed by atoms with Gasteiger partial charge in [0.05, 0.1) is 23.0 Å². The van der Waals surface area contributed by atoms with Crippen molar-refractivity contribution in [1.82, 2.24) is 19.0 Å². The molecule has 160 valence electrons. The first-order valence-electron chi connectivity index (χ1n) is 10.0. The van der Waals surface area contributed by atoms with Crippen molar-refractivity contribution in [2.75, 3.05) is 0 Å². The van der Waals surface area contributed by atoms with Gasteiger partial charge in [-0.2, -0.15) is 5.10 Å². The number of pyridine rings is 2. The van der Waals surface area contributed by atoms with Crippen LogP contribution in [0.25, 0.3) is 11.2 Å². The fourth-order valence-corrected chi connectivity index (χ4v) is 3.81. The zero-order valence-corrected chi connectivity index (χ0v) is 17.1. The van der Waals surface area contributed by atoms with Crippen LogP contribution in [0.1, 0.15) is 27.3 Å². The average molecular weight is 432 g/mol. The van der Waals surface area contributed by atoms with E-state index in [1.54, 1.807) is 40.4 Å². The zero-order chi connectivity index (χ0) is 22.2. The molecule has 0 amide bonds. The number of carbonyl (C=O) groups is 1. The Kier molecular flexibility index (Phi) is 4.89. The zero-order valence-electron chi connectivity index (χ0n) is 17.1. The van der Waals surface area contributed by atoms with Gasteiger partial charge in [0, 0.05) is 24.4 Å². The molecule has 5 rings (SSSR count). The maximum atomic E-state index is 13.9. The van der Waals surface area contributed by atoms with Gasteiger partial charge < -0.3 is 4.74 Å². The molecule has 0 aliphatic rings. The molecule has 32 heavy (non-hydrogen) atoms. The maximum Gasteiger partial charge on any atom is 0.185 e. The molecule has 0 saturated carbocycles. The van der Waals surface area contributed by atoms with Gasteiger partial charge in [-0.25, -0.2) is 18.3 Å². The molecule has 0 atom stereocenters. The molecule has 8 heteroatoms. The Balaban J connectivity index is 1.46. The van der Waals surface area contributed by atoms with E-state index in [1.165, 1.54) is 18.2 Å². The molecule has 0 unspecified atom stereocenters. The highest BCUT2D eigenvalue weighted by atomic mass is 19.1. The number of aromatic nitrogens is 4. The van der Waals surface area contributed by atoms with Crippen molar-refractivity contribution in [3.05, 3.63) is 101 Å². The van der Waals surface area contributed by atoms with Crippen molar-refractivity contribution in [3.8, 4) is 5.75 Å². The minimum atomic E-state index is -0.680. The summed E-state index contributed by atoms with van der Waals surface area (Å²) in [4.78, 5) is 17.7. The van der Waals surface area contributed by atoms with Gasteiger partial charge in [0.1, 0.15) is 23.9 Å². The molecule has 0 aliphatic heterocycles. The lowest BCUT2D eigenvalue weighted by molar-refractivity contribution is 0.0987. The largest absolute Gasteiger partial charge is 0.485 e. The van der Waals surface area contributed by atoms with Crippen LogP contribution in [-0.2, 0) is 13.0 Å². The average Bonchev–Trinajstić information content (AvgIpc) is 3.34. The van der Waals surface area contributed by atoms with E-state index in [2.05, 4.69) is 10.1 Å². The molecule has 0 N–H and O–H groups in total. The van der Waals surface area contributed by atoms with Crippen LogP contribution >= 0.6 is 0 Å². The molecule has 0 bridgehead atoms. The number of ether oxygens (including phenoxy) is 1. The van der Waals surface area contributed by atoms with E-state index in [4.69, 9.17) is 4.74 Å². The van der Waals surface area contributed by atoms with Crippen LogP contribution in [0.3, 0.4) is 0 Å². The van der Waals surface area contributed by atoms with Crippen LogP contribution in [0, 0.1) is 18.6 Å². The van der Waals surface area contributed by atoms with E-state index in [0.29, 0.717) is 22.8 Å². The number of hydrogen-bond acceptors (Lipinski definition) is 4. The third kappa shape index (κ3) is 3.39. The number of rotatable bonds is 6. The van der Waals surface area contributed by atoms with Crippen LogP contribution in [0.2, 0.25) is 0 Å². The van der Waals surface area contributed by atoms with Gasteiger partial charge in [0.2, 0.25) is 0 Å². The van der Waals surface area contributed by atoms with Crippen LogP contribution in [0.5, 0.6) is 5.75 Å². The fourth-order valence-electron chi connectivity index (χ4n) is 3.81. The minimum absolute atomic E-state index is 0.119. The smallest absolute Gasteiger partial charge is 0.185 e. The van der Waals surface area contributed by atoms with Crippen molar-refractivity contribution < 1.29 is 18.3 Å². The Labute approximate surface area is 181 Å². The first kappa shape index (κ1) is 19.9. The maximum absolute atomic E-state index is 13.9. The second-order valence-electron chi connectivity index (χ2n) is 7.40. The molecule has 1 aromatic carbocycles. The standard InChI is InChI=1S/C24H18F2N4O2/c1-15-23(21(31)12-16-13-27-30-11-3-2-8-20(16)30)29-10-5-9-22(24(29)28-15)32-14-17-18(25)6-4-7-19(17)26/h2-11,13H,12,14H2,1H3. The molecule has 0 saturated heterocycles. The summed E-state index contributed by atoms with van der Waals surface area (Å²) in [7, 11) is 0. The summed E-state index contributed by atoms with van der Waals surface area (Å²) in [5.74, 6) is -1.15. The van der Waals surface area contributed by atoms with Crippen molar-refractivity contribution in [2.24, 2.45) is 0 Å². The second-order valence-corrected chi connectivity index (χ2v) is 7.40. The number of hydrogen-bond donors (Lipinski definition) is 0. The van der Waals surface area contributed by atoms with Crippen LogP contribution in [-0.4, -0.2) is 24.8 Å². The Hall–Kier alpha value is -4.07. The Morgan fingerprint density at radius 1 is 1.03 bits per heavy atom. The number of fused-ring (bicyclic) bond motifs is 2. The van der Waals surface area contributed by atoms with E-state index in [-0.39, 0.29) is 24.4 Å². The molecule has 4 heterocycles. The van der Waals surface area contributed by atoms with Crippen LogP contribution in [0.15, 0.2) is 67.1 Å². The lowest BCUT2D eigenvalue weighted by Gasteiger charge is -2.09. The van der Waals surface area contributed by atoms with Crippen molar-refractivity contribution in [2.45, 2.75) is 20.0 Å². The minimum Gasteiger partial charge on any atom is -0.485 e. The highest BCUT2D eigenvalue weighted by Crippen LogP contribution is 2.25. The molecule has 0 spiro atoms. The highest BCUT2D eigenvalue weighted by Gasteiger charge is 2.21. The topological polar surface area (TPSA) is 60.9 Å². The lowest BCUT2D eigenvalue weighted by Crippen LogP contribution is -2.09. The van der Waals surface area contributed by atoms with Gasteiger partial charge in [0.25, 0.3) is 0 Å². The summed E-state index contributed by atoms with van der Waals surface area (Å²) in [5.41, 5.74) is 2.89. The number of halogens is 2. The van der Waals surface area contributed by atoms with Gasteiger partial charge in [-0.15, -0.1) is 0 Å². The number of Topliss-reactive ketones (excluding diaryl/α,β-unsaturated/α-hetero) is 1. The van der Waals surface area contributed by atoms with Gasteiger partial charge >= 0.3 is 0 Å². The number of ketones is 1. The first-order valence-corrected chi connectivity index (χ1v) is 10.0. The van der Waals surface area contributed by atoms with Crippen LogP contribution < -0.4 is 4.74 Å². The molecule has 0 radical (unpaired) electrons. The molecular formula is C24H18F2N4O2. The Bertz CT molecular complexity index is 1450. The fraction of sp³-hybridized carbons (Fsp3) is 0.125. The third-order valence-electron chi connectivity index (χ3n) is 5.34. The van der Waals surface area contributed by atoms with Crippen molar-refractivity contribution in [1.29, 1.82) is 0 Å². The molecular weight excluding hydrogens is 414 g/mol. The first-order chi connectivity index (χ1) is 15.5. The summed E-state index contributed by atoms with van der Waals surface area (Å²) in [6.45, 7) is 1.45. The molecule has 0 fully saturated rings. The normalized spacial score (nSPS) is 11.3. The number of benzene rings is 1. The summed E-state index contributed by atoms with van der Waals surface area (Å²) in [5, 5.41) is 4.28. The van der Waals surface area contributed by atoms with Crippen molar-refractivity contribution >= 4 is 16.9 Å². The molecule has 0 aliphatic carbocycles. The van der Waals surface area contributed by atoms with E-state index in [9.17, 15) is 13.6 Å². The lowest BCUT2D eigenvalue weighted by atomic mass is 10.1. The van der Waals surface area contributed by atoms with E-state index in [0.717, 1.165) is 11.1 Å². The van der Waals surface area contributed by atoms with Gasteiger partial charge in [0.15, 0.2) is 17.2 Å². The van der Waals surface area contributed by atoms with E-state index in [1.807, 2.05) is 24.4 Å². The number of imidazole rings is 1. The quantitative estimate of drug-likeness (QED) is 0.369. The van der Waals surface area contributed by atoms with E-state index >= 15 is 0 Å². The summed E-state index contributed by atoms with van der Waals surface area (Å²) in [6.07, 6.45) is 5.39. The van der Waals surface area contributed by atoms with Crippen LogP contribution in [0.4, 0.5) is 8.78 Å². The Morgan fingerprint density at radius 2 is 1.84 bits per heavy atom. The van der Waals surface area contributed by atoms with Gasteiger partial charge in [-0.3, -0.25) is 9.20 Å². The van der Waals surface area contributed by atoms with Gasteiger partial charge in [-0.1, -0.05) is 12.1 Å². The Morgan fingerprint density at radius 3 is 2.66 bits per heavy atom. The molecule has 5 aromatic rings. The van der Waals surface area contributed by atoms with Crippen molar-refractivity contribution in [3.63, 3.8) is 0 Å². The summed E-state index contributed by atoms with van der Waals surface area (Å²) in [6, 6.07) is 12.7.